The van der Waals surface area contributed by atoms with Crippen molar-refractivity contribution in [2.45, 2.75) is 57.0 Å². The largest absolute Gasteiger partial charge is 0.481 e. The molecule has 1 unspecified atom stereocenters. The molecule has 0 spiro atoms. The average molecular weight is 333 g/mol. The van der Waals surface area contributed by atoms with Crippen molar-refractivity contribution >= 4 is 11.9 Å². The SMILES string of the molecule is CC1(C)CC(CCNC(=O)CCC(=O)O)(c2ccccc2)CCO1. The molecule has 1 aromatic carbocycles. The number of hydrogen-bond donors (Lipinski definition) is 2. The lowest BCUT2D eigenvalue weighted by Gasteiger charge is -2.45. The first-order chi connectivity index (χ1) is 11.3. The van der Waals surface area contributed by atoms with Gasteiger partial charge in [-0.25, -0.2) is 0 Å². The van der Waals surface area contributed by atoms with Gasteiger partial charge in [0.2, 0.25) is 5.91 Å². The van der Waals surface area contributed by atoms with Gasteiger partial charge in [-0.05, 0) is 38.7 Å². The predicted molar refractivity (Wildman–Crippen MR) is 91.9 cm³/mol. The van der Waals surface area contributed by atoms with Gasteiger partial charge in [0, 0.05) is 25.0 Å². The van der Waals surface area contributed by atoms with Gasteiger partial charge in [0.15, 0.2) is 0 Å². The molecule has 0 saturated carbocycles. The van der Waals surface area contributed by atoms with Gasteiger partial charge in [0.25, 0.3) is 0 Å². The molecule has 1 amide bonds. The first-order valence-electron chi connectivity index (χ1n) is 8.51. The number of nitrogens with one attached hydrogen (secondary N) is 1. The number of carbonyl (C=O) groups excluding carboxylic acids is 1. The van der Waals surface area contributed by atoms with E-state index < -0.39 is 5.97 Å². The van der Waals surface area contributed by atoms with Crippen LogP contribution in [0.4, 0.5) is 0 Å². The first-order valence-corrected chi connectivity index (χ1v) is 8.51. The van der Waals surface area contributed by atoms with E-state index in [-0.39, 0.29) is 29.8 Å². The van der Waals surface area contributed by atoms with Crippen molar-refractivity contribution in [3.05, 3.63) is 35.9 Å². The molecule has 2 rings (SSSR count). The van der Waals surface area contributed by atoms with Gasteiger partial charge in [0.1, 0.15) is 0 Å². The molecule has 0 bridgehead atoms. The van der Waals surface area contributed by atoms with Crippen LogP contribution in [-0.4, -0.2) is 35.7 Å². The van der Waals surface area contributed by atoms with Crippen molar-refractivity contribution in [2.75, 3.05) is 13.2 Å². The summed E-state index contributed by atoms with van der Waals surface area (Å²) >= 11 is 0. The summed E-state index contributed by atoms with van der Waals surface area (Å²) in [6, 6.07) is 10.4. The molecule has 1 aromatic rings. The molecular formula is C19H27NO4. The lowest BCUT2D eigenvalue weighted by Crippen LogP contribution is -2.45. The minimum Gasteiger partial charge on any atom is -0.481 e. The zero-order valence-electron chi connectivity index (χ0n) is 14.5. The van der Waals surface area contributed by atoms with E-state index in [9.17, 15) is 9.59 Å². The molecule has 1 fully saturated rings. The Balaban J connectivity index is 2.02. The molecule has 1 aliphatic rings. The second kappa shape index (κ2) is 7.79. The highest BCUT2D eigenvalue weighted by Gasteiger charge is 2.41. The van der Waals surface area contributed by atoms with Gasteiger partial charge in [-0.2, -0.15) is 0 Å². The lowest BCUT2D eigenvalue weighted by molar-refractivity contribution is -0.138. The van der Waals surface area contributed by atoms with Gasteiger partial charge in [0.05, 0.1) is 12.0 Å². The third-order valence-corrected chi connectivity index (χ3v) is 4.72. The van der Waals surface area contributed by atoms with E-state index in [4.69, 9.17) is 9.84 Å². The Bertz CT molecular complexity index is 570. The lowest BCUT2D eigenvalue weighted by atomic mass is 9.67. The molecule has 24 heavy (non-hydrogen) atoms. The van der Waals surface area contributed by atoms with Crippen LogP contribution in [0.2, 0.25) is 0 Å². The Morgan fingerprint density at radius 1 is 1.21 bits per heavy atom. The summed E-state index contributed by atoms with van der Waals surface area (Å²) in [4.78, 5) is 22.3. The van der Waals surface area contributed by atoms with Crippen LogP contribution < -0.4 is 5.32 Å². The van der Waals surface area contributed by atoms with Crippen LogP contribution >= 0.6 is 0 Å². The monoisotopic (exact) mass is 333 g/mol. The Labute approximate surface area is 143 Å². The fourth-order valence-corrected chi connectivity index (χ4v) is 3.62. The summed E-state index contributed by atoms with van der Waals surface area (Å²) in [6.07, 6.45) is 2.54. The van der Waals surface area contributed by atoms with E-state index in [1.54, 1.807) is 0 Å². The van der Waals surface area contributed by atoms with Crippen LogP contribution in [0, 0.1) is 0 Å². The molecule has 1 heterocycles. The van der Waals surface area contributed by atoms with Crippen molar-refractivity contribution in [1.29, 1.82) is 0 Å². The van der Waals surface area contributed by atoms with Crippen molar-refractivity contribution in [2.24, 2.45) is 0 Å². The van der Waals surface area contributed by atoms with Crippen LogP contribution in [0.5, 0.6) is 0 Å². The quantitative estimate of drug-likeness (QED) is 0.804. The Kier molecular flexibility index (Phi) is 5.99. The van der Waals surface area contributed by atoms with Crippen molar-refractivity contribution in [3.63, 3.8) is 0 Å². The molecule has 1 saturated heterocycles. The van der Waals surface area contributed by atoms with E-state index in [0.29, 0.717) is 13.2 Å². The predicted octanol–water partition coefficient (Wildman–Crippen LogP) is 2.88. The topological polar surface area (TPSA) is 75.6 Å². The van der Waals surface area contributed by atoms with Crippen LogP contribution in [0.15, 0.2) is 30.3 Å². The van der Waals surface area contributed by atoms with Crippen LogP contribution in [0.3, 0.4) is 0 Å². The van der Waals surface area contributed by atoms with E-state index in [1.165, 1.54) is 5.56 Å². The van der Waals surface area contributed by atoms with Crippen LogP contribution in [0.25, 0.3) is 0 Å². The fourth-order valence-electron chi connectivity index (χ4n) is 3.62. The number of carboxylic acids is 1. The van der Waals surface area contributed by atoms with Gasteiger partial charge in [-0.3, -0.25) is 9.59 Å². The number of hydrogen-bond acceptors (Lipinski definition) is 3. The third-order valence-electron chi connectivity index (χ3n) is 4.72. The first kappa shape index (κ1) is 18.5. The molecule has 2 N–H and O–H groups in total. The summed E-state index contributed by atoms with van der Waals surface area (Å²) in [6.45, 7) is 5.46. The minimum atomic E-state index is -0.947. The number of carbonyl (C=O) groups is 2. The Morgan fingerprint density at radius 2 is 1.92 bits per heavy atom. The Morgan fingerprint density at radius 3 is 2.54 bits per heavy atom. The highest BCUT2D eigenvalue weighted by Crippen LogP contribution is 2.43. The molecule has 0 aliphatic carbocycles. The number of ether oxygens (including phenoxy) is 1. The molecular weight excluding hydrogens is 306 g/mol. The summed E-state index contributed by atoms with van der Waals surface area (Å²) in [5.41, 5.74) is 1.06. The number of benzene rings is 1. The smallest absolute Gasteiger partial charge is 0.303 e. The molecule has 5 nitrogen and oxygen atoms in total. The second-order valence-corrected chi connectivity index (χ2v) is 7.17. The summed E-state index contributed by atoms with van der Waals surface area (Å²) < 4.78 is 5.88. The fraction of sp³-hybridized carbons (Fsp3) is 0.579. The average Bonchev–Trinajstić information content (AvgIpc) is 2.53. The normalized spacial score (nSPS) is 22.8. The van der Waals surface area contributed by atoms with Crippen molar-refractivity contribution in [1.82, 2.24) is 5.32 Å². The van der Waals surface area contributed by atoms with Crippen molar-refractivity contribution in [3.8, 4) is 0 Å². The van der Waals surface area contributed by atoms with Gasteiger partial charge < -0.3 is 15.2 Å². The van der Waals surface area contributed by atoms with Crippen molar-refractivity contribution < 1.29 is 19.4 Å². The highest BCUT2D eigenvalue weighted by atomic mass is 16.5. The van der Waals surface area contributed by atoms with E-state index in [1.807, 2.05) is 18.2 Å². The molecule has 132 valence electrons. The van der Waals surface area contributed by atoms with Gasteiger partial charge in [-0.1, -0.05) is 30.3 Å². The van der Waals surface area contributed by atoms with Gasteiger partial charge >= 0.3 is 5.97 Å². The molecule has 1 aliphatic heterocycles. The van der Waals surface area contributed by atoms with Crippen LogP contribution in [0.1, 0.15) is 51.5 Å². The maximum absolute atomic E-state index is 11.8. The maximum Gasteiger partial charge on any atom is 0.303 e. The second-order valence-electron chi connectivity index (χ2n) is 7.17. The number of amides is 1. The van der Waals surface area contributed by atoms with Gasteiger partial charge in [-0.15, -0.1) is 0 Å². The summed E-state index contributed by atoms with van der Waals surface area (Å²) in [7, 11) is 0. The molecule has 0 radical (unpaired) electrons. The molecule has 0 aromatic heterocycles. The highest BCUT2D eigenvalue weighted by molar-refractivity contribution is 5.80. The zero-order valence-corrected chi connectivity index (χ0v) is 14.5. The third kappa shape index (κ3) is 5.06. The number of rotatable bonds is 7. The van der Waals surface area contributed by atoms with E-state index in [2.05, 4.69) is 31.3 Å². The molecule has 5 heteroatoms. The van der Waals surface area contributed by atoms with E-state index in [0.717, 1.165) is 19.3 Å². The maximum atomic E-state index is 11.8. The summed E-state index contributed by atoms with van der Waals surface area (Å²) in [5, 5.41) is 11.5. The van der Waals surface area contributed by atoms with Crippen LogP contribution in [-0.2, 0) is 19.7 Å². The standard InChI is InChI=1S/C19H27NO4/c1-18(2)14-19(11-13-24-18,15-6-4-3-5-7-15)10-12-20-16(21)8-9-17(22)23/h3-7H,8-14H2,1-2H3,(H,20,21)(H,22,23). The molecule has 1 atom stereocenters. The van der Waals surface area contributed by atoms with E-state index >= 15 is 0 Å². The summed E-state index contributed by atoms with van der Waals surface area (Å²) in [5.74, 6) is -1.15. The minimum absolute atomic E-state index is 0.0247. The Hall–Kier alpha value is -1.88. The zero-order chi connectivity index (χ0) is 17.6. The number of aliphatic carboxylic acids is 1. The number of carboxylic acid groups (broad SMARTS) is 1.